The Labute approximate surface area is 115 Å². The largest absolute Gasteiger partial charge is 0.352 e. The zero-order chi connectivity index (χ0) is 13.9. The highest BCUT2D eigenvalue weighted by Gasteiger charge is 2.07. The lowest BCUT2D eigenvalue weighted by molar-refractivity contribution is 0.0954. The van der Waals surface area contributed by atoms with Gasteiger partial charge in [0.05, 0.1) is 11.7 Å². The van der Waals surface area contributed by atoms with Crippen molar-refractivity contribution >= 4 is 16.8 Å². The second-order valence-electron chi connectivity index (χ2n) is 4.51. The number of aromatic amines is 1. The number of fused-ring (bicyclic) bond motifs is 1. The number of nitrogens with zero attached hydrogens (tertiary/aromatic N) is 4. The topological polar surface area (TPSA) is 88.5 Å². The van der Waals surface area contributed by atoms with E-state index in [1.807, 2.05) is 13.1 Å². The molecule has 0 saturated heterocycles. The van der Waals surface area contributed by atoms with Crippen LogP contribution in [-0.2, 0) is 13.5 Å². The molecule has 0 aliphatic rings. The molecule has 1 aromatic carbocycles. The molecular weight excluding hydrogens is 256 g/mol. The lowest BCUT2D eigenvalue weighted by Gasteiger charge is -2.03. The van der Waals surface area contributed by atoms with Gasteiger partial charge >= 0.3 is 0 Å². The first-order chi connectivity index (χ1) is 9.72. The minimum absolute atomic E-state index is 0.113. The maximum absolute atomic E-state index is 12.0. The fraction of sp³-hybridized carbons (Fsp3) is 0.231. The molecule has 0 spiro atoms. The summed E-state index contributed by atoms with van der Waals surface area (Å²) in [7, 11) is 1.81. The summed E-state index contributed by atoms with van der Waals surface area (Å²) in [6.07, 6.45) is 3.98. The van der Waals surface area contributed by atoms with Crippen LogP contribution in [0.5, 0.6) is 0 Å². The normalized spacial score (nSPS) is 10.8. The Hall–Kier alpha value is -2.70. The first kappa shape index (κ1) is 12.3. The van der Waals surface area contributed by atoms with E-state index in [4.69, 9.17) is 0 Å². The number of aromatic nitrogens is 5. The highest BCUT2D eigenvalue weighted by Crippen LogP contribution is 2.12. The lowest BCUT2D eigenvalue weighted by Crippen LogP contribution is -2.25. The van der Waals surface area contributed by atoms with Gasteiger partial charge in [-0.05, 0) is 12.1 Å². The summed E-state index contributed by atoms with van der Waals surface area (Å²) in [5, 5.41) is 14.8. The molecular formula is C13H14N6O. The van der Waals surface area contributed by atoms with Gasteiger partial charge in [-0.1, -0.05) is 6.07 Å². The number of aryl methyl sites for hydroxylation is 1. The molecule has 2 N–H and O–H groups in total. The lowest BCUT2D eigenvalue weighted by atomic mass is 10.1. The van der Waals surface area contributed by atoms with Crippen molar-refractivity contribution < 1.29 is 4.79 Å². The van der Waals surface area contributed by atoms with E-state index in [-0.39, 0.29) is 5.91 Å². The number of hydrogen-bond donors (Lipinski definition) is 2. The number of hydrogen-bond acceptors (Lipinski definition) is 4. The third kappa shape index (κ3) is 2.51. The predicted molar refractivity (Wildman–Crippen MR) is 73.1 cm³/mol. The van der Waals surface area contributed by atoms with Crippen LogP contribution < -0.4 is 5.32 Å². The zero-order valence-electron chi connectivity index (χ0n) is 11.0. The smallest absolute Gasteiger partial charge is 0.251 e. The molecule has 0 saturated carbocycles. The SMILES string of the molecule is Cn1cnc(CCNC(=O)c2ccc3cn[nH]c3c2)n1. The van der Waals surface area contributed by atoms with Gasteiger partial charge in [-0.3, -0.25) is 14.6 Å². The molecule has 0 fully saturated rings. The van der Waals surface area contributed by atoms with Gasteiger partial charge in [0.1, 0.15) is 6.33 Å². The van der Waals surface area contributed by atoms with Crippen molar-refractivity contribution in [3.8, 4) is 0 Å². The average molecular weight is 270 g/mol. The van der Waals surface area contributed by atoms with Crippen molar-refractivity contribution in [1.29, 1.82) is 0 Å². The van der Waals surface area contributed by atoms with E-state index in [1.54, 1.807) is 29.3 Å². The van der Waals surface area contributed by atoms with E-state index in [0.29, 0.717) is 18.5 Å². The van der Waals surface area contributed by atoms with Crippen molar-refractivity contribution in [3.63, 3.8) is 0 Å². The van der Waals surface area contributed by atoms with E-state index in [1.165, 1.54) is 0 Å². The number of benzene rings is 1. The molecule has 1 amide bonds. The molecule has 0 radical (unpaired) electrons. The minimum atomic E-state index is -0.113. The summed E-state index contributed by atoms with van der Waals surface area (Å²) in [4.78, 5) is 16.1. The van der Waals surface area contributed by atoms with Gasteiger partial charge in [0.15, 0.2) is 5.82 Å². The van der Waals surface area contributed by atoms with Crippen molar-refractivity contribution in [2.24, 2.45) is 7.05 Å². The first-order valence-electron chi connectivity index (χ1n) is 6.28. The van der Waals surface area contributed by atoms with Crippen LogP contribution in [0.4, 0.5) is 0 Å². The molecule has 0 atom stereocenters. The predicted octanol–water partition coefficient (Wildman–Crippen LogP) is 0.664. The fourth-order valence-corrected chi connectivity index (χ4v) is 1.97. The van der Waals surface area contributed by atoms with Crippen molar-refractivity contribution in [3.05, 3.63) is 42.1 Å². The van der Waals surface area contributed by atoms with E-state index in [2.05, 4.69) is 25.6 Å². The highest BCUT2D eigenvalue weighted by atomic mass is 16.1. The summed E-state index contributed by atoms with van der Waals surface area (Å²) < 4.78 is 1.64. The summed E-state index contributed by atoms with van der Waals surface area (Å²) in [6, 6.07) is 5.44. The summed E-state index contributed by atoms with van der Waals surface area (Å²) in [5.74, 6) is 0.606. The molecule has 3 rings (SSSR count). The Morgan fingerprint density at radius 1 is 1.45 bits per heavy atom. The molecule has 0 aliphatic carbocycles. The standard InChI is InChI=1S/C13H14N6O/c1-19-8-15-12(18-19)4-5-14-13(20)9-2-3-10-7-16-17-11(10)6-9/h2-3,6-8H,4-5H2,1H3,(H,14,20)(H,16,17). The number of H-pyrrole nitrogens is 1. The van der Waals surface area contributed by atoms with E-state index >= 15 is 0 Å². The monoisotopic (exact) mass is 270 g/mol. The van der Waals surface area contributed by atoms with Gasteiger partial charge in [0.2, 0.25) is 0 Å². The number of carbonyl (C=O) groups excluding carboxylic acids is 1. The Morgan fingerprint density at radius 2 is 2.35 bits per heavy atom. The second kappa shape index (κ2) is 5.12. The van der Waals surface area contributed by atoms with Crippen LogP contribution >= 0.6 is 0 Å². The number of amides is 1. The van der Waals surface area contributed by atoms with Crippen LogP contribution in [0.15, 0.2) is 30.7 Å². The van der Waals surface area contributed by atoms with Crippen LogP contribution in [0.2, 0.25) is 0 Å². The fourth-order valence-electron chi connectivity index (χ4n) is 1.97. The van der Waals surface area contributed by atoms with E-state index in [0.717, 1.165) is 16.7 Å². The minimum Gasteiger partial charge on any atom is -0.352 e. The number of nitrogens with one attached hydrogen (secondary N) is 2. The van der Waals surface area contributed by atoms with Crippen molar-refractivity contribution in [1.82, 2.24) is 30.3 Å². The maximum atomic E-state index is 12.0. The van der Waals surface area contributed by atoms with Crippen molar-refractivity contribution in [2.75, 3.05) is 6.54 Å². The Kier molecular flexibility index (Phi) is 3.16. The van der Waals surface area contributed by atoms with E-state index in [9.17, 15) is 4.79 Å². The van der Waals surface area contributed by atoms with Crippen LogP contribution in [0.3, 0.4) is 0 Å². The highest BCUT2D eigenvalue weighted by molar-refractivity contribution is 5.97. The zero-order valence-corrected chi connectivity index (χ0v) is 11.0. The third-order valence-corrected chi connectivity index (χ3v) is 2.99. The van der Waals surface area contributed by atoms with E-state index < -0.39 is 0 Å². The summed E-state index contributed by atoms with van der Waals surface area (Å²) in [5.41, 5.74) is 1.46. The summed E-state index contributed by atoms with van der Waals surface area (Å²) >= 11 is 0. The molecule has 7 nitrogen and oxygen atoms in total. The molecule has 0 aliphatic heterocycles. The van der Waals surface area contributed by atoms with Gasteiger partial charge in [-0.2, -0.15) is 10.2 Å². The summed E-state index contributed by atoms with van der Waals surface area (Å²) in [6.45, 7) is 0.504. The average Bonchev–Trinajstić information content (AvgIpc) is 3.06. The van der Waals surface area contributed by atoms with Crippen LogP contribution in [-0.4, -0.2) is 37.4 Å². The Bertz CT molecular complexity index is 744. The Morgan fingerprint density at radius 3 is 3.15 bits per heavy atom. The molecule has 20 heavy (non-hydrogen) atoms. The maximum Gasteiger partial charge on any atom is 0.251 e. The second-order valence-corrected chi connectivity index (χ2v) is 4.51. The third-order valence-electron chi connectivity index (χ3n) is 2.99. The van der Waals surface area contributed by atoms with Gasteiger partial charge in [0.25, 0.3) is 5.91 Å². The van der Waals surface area contributed by atoms with Crippen LogP contribution in [0, 0.1) is 0 Å². The number of carbonyl (C=O) groups is 1. The Balaban J connectivity index is 1.61. The molecule has 7 heteroatoms. The van der Waals surface area contributed by atoms with Crippen molar-refractivity contribution in [2.45, 2.75) is 6.42 Å². The number of rotatable bonds is 4. The van der Waals surface area contributed by atoms with Gasteiger partial charge in [-0.25, -0.2) is 4.98 Å². The molecule has 3 aromatic rings. The molecule has 2 heterocycles. The van der Waals surface area contributed by atoms with Crippen LogP contribution in [0.1, 0.15) is 16.2 Å². The molecule has 0 bridgehead atoms. The first-order valence-corrected chi connectivity index (χ1v) is 6.28. The van der Waals surface area contributed by atoms with Gasteiger partial charge < -0.3 is 5.32 Å². The van der Waals surface area contributed by atoms with Gasteiger partial charge in [0, 0.05) is 31.0 Å². The van der Waals surface area contributed by atoms with Gasteiger partial charge in [-0.15, -0.1) is 0 Å². The quantitative estimate of drug-likeness (QED) is 0.729. The van der Waals surface area contributed by atoms with Crippen LogP contribution in [0.25, 0.3) is 10.9 Å². The molecule has 2 aromatic heterocycles. The molecule has 0 unspecified atom stereocenters. The molecule has 102 valence electrons.